The Hall–Kier alpha value is -1.31. The summed E-state index contributed by atoms with van der Waals surface area (Å²) in [6.07, 6.45) is -1.02. The molecule has 0 saturated carbocycles. The summed E-state index contributed by atoms with van der Waals surface area (Å²) < 4.78 is 28.1. The van der Waals surface area contributed by atoms with Crippen molar-refractivity contribution in [2.75, 3.05) is 11.5 Å². The van der Waals surface area contributed by atoms with E-state index in [1.54, 1.807) is 20.8 Å². The molecule has 1 fully saturated rings. The molecule has 2 atom stereocenters. The first-order valence-corrected chi connectivity index (χ1v) is 7.72. The third kappa shape index (κ3) is 5.46. The van der Waals surface area contributed by atoms with Gasteiger partial charge < -0.3 is 15.2 Å². The fraction of sp³-hybridized carbons (Fsp3) is 0.818. The maximum atomic E-state index is 11.6. The fourth-order valence-electron chi connectivity index (χ4n) is 1.96. The van der Waals surface area contributed by atoms with E-state index in [4.69, 9.17) is 9.84 Å². The Balaban J connectivity index is 2.69. The maximum Gasteiger partial charge on any atom is 0.407 e. The fourth-order valence-corrected chi connectivity index (χ4v) is 4.01. The van der Waals surface area contributed by atoms with E-state index >= 15 is 0 Å². The summed E-state index contributed by atoms with van der Waals surface area (Å²) in [5.74, 6) is -2.17. The van der Waals surface area contributed by atoms with Crippen LogP contribution in [0, 0.1) is 5.92 Å². The van der Waals surface area contributed by atoms with Gasteiger partial charge in [0.1, 0.15) is 5.60 Å². The Kier molecular flexibility index (Phi) is 4.44. The zero-order chi connectivity index (χ0) is 14.8. The number of sulfone groups is 1. The topological polar surface area (TPSA) is 110 Å². The van der Waals surface area contributed by atoms with Gasteiger partial charge in [0.2, 0.25) is 0 Å². The normalized spacial score (nSPS) is 25.8. The van der Waals surface area contributed by atoms with Crippen LogP contribution in [0.2, 0.25) is 0 Å². The first-order chi connectivity index (χ1) is 8.48. The van der Waals surface area contributed by atoms with Gasteiger partial charge in [-0.1, -0.05) is 0 Å². The second kappa shape index (κ2) is 5.36. The zero-order valence-corrected chi connectivity index (χ0v) is 12.0. The minimum Gasteiger partial charge on any atom is -0.481 e. The molecule has 0 radical (unpaired) electrons. The van der Waals surface area contributed by atoms with E-state index in [2.05, 4.69) is 5.32 Å². The smallest absolute Gasteiger partial charge is 0.407 e. The van der Waals surface area contributed by atoms with Crippen LogP contribution in [0.1, 0.15) is 27.2 Å². The average molecular weight is 293 g/mol. The van der Waals surface area contributed by atoms with Crippen molar-refractivity contribution in [1.82, 2.24) is 5.32 Å². The summed E-state index contributed by atoms with van der Waals surface area (Å²) in [4.78, 5) is 22.3. The summed E-state index contributed by atoms with van der Waals surface area (Å²) in [6, 6.07) is -0.712. The maximum absolute atomic E-state index is 11.6. The number of carbonyl (C=O) groups excluding carboxylic acids is 1. The van der Waals surface area contributed by atoms with Crippen molar-refractivity contribution in [2.45, 2.75) is 38.8 Å². The number of alkyl carbamates (subject to hydrolysis) is 1. The Bertz CT molecular complexity index is 464. The molecule has 0 bridgehead atoms. The number of amides is 1. The molecule has 8 heteroatoms. The highest BCUT2D eigenvalue weighted by molar-refractivity contribution is 7.91. The lowest BCUT2D eigenvalue weighted by Gasteiger charge is -2.23. The predicted octanol–water partition coefficient (Wildman–Crippen LogP) is 0.399. The van der Waals surface area contributed by atoms with Crippen LogP contribution in [0.5, 0.6) is 0 Å². The van der Waals surface area contributed by atoms with Gasteiger partial charge in [0, 0.05) is 5.92 Å². The second-order valence-corrected chi connectivity index (χ2v) is 7.84. The van der Waals surface area contributed by atoms with Crippen LogP contribution >= 0.6 is 0 Å². The van der Waals surface area contributed by atoms with Crippen LogP contribution in [0.4, 0.5) is 4.79 Å². The summed E-state index contributed by atoms with van der Waals surface area (Å²) >= 11 is 0. The molecule has 1 saturated heterocycles. The standard InChI is InChI=1S/C11H19NO6S/c1-11(2,3)18-10(15)12-8-6-19(16,17)5-7(8)4-9(13)14/h7-8H,4-6H2,1-3H3,(H,12,15)(H,13,14)/t7-,8-/m1/s1. The van der Waals surface area contributed by atoms with Gasteiger partial charge in [0.15, 0.2) is 9.84 Å². The van der Waals surface area contributed by atoms with E-state index in [0.29, 0.717) is 0 Å². The molecule has 0 spiro atoms. The summed E-state index contributed by atoms with van der Waals surface area (Å²) in [7, 11) is -3.31. The summed E-state index contributed by atoms with van der Waals surface area (Å²) in [6.45, 7) is 5.06. The molecular weight excluding hydrogens is 274 g/mol. The van der Waals surface area contributed by atoms with E-state index < -0.39 is 39.5 Å². The van der Waals surface area contributed by atoms with Crippen molar-refractivity contribution in [3.8, 4) is 0 Å². The molecule has 19 heavy (non-hydrogen) atoms. The van der Waals surface area contributed by atoms with Crippen LogP contribution < -0.4 is 5.32 Å². The van der Waals surface area contributed by atoms with Crippen LogP contribution in [0.25, 0.3) is 0 Å². The van der Waals surface area contributed by atoms with Gasteiger partial charge in [-0.25, -0.2) is 13.2 Å². The number of rotatable bonds is 3. The van der Waals surface area contributed by atoms with E-state index in [1.807, 2.05) is 0 Å². The van der Waals surface area contributed by atoms with Gasteiger partial charge in [0.05, 0.1) is 24.0 Å². The third-order valence-corrected chi connectivity index (χ3v) is 4.41. The van der Waals surface area contributed by atoms with Gasteiger partial charge in [-0.15, -0.1) is 0 Å². The Labute approximate surface area is 112 Å². The van der Waals surface area contributed by atoms with E-state index in [0.717, 1.165) is 0 Å². The number of hydrogen-bond acceptors (Lipinski definition) is 5. The first-order valence-electron chi connectivity index (χ1n) is 5.90. The van der Waals surface area contributed by atoms with E-state index in [1.165, 1.54) is 0 Å². The van der Waals surface area contributed by atoms with Gasteiger partial charge in [-0.05, 0) is 20.8 Å². The largest absolute Gasteiger partial charge is 0.481 e. The highest BCUT2D eigenvalue weighted by Gasteiger charge is 2.40. The third-order valence-electron chi connectivity index (χ3n) is 2.61. The molecule has 1 amide bonds. The first kappa shape index (κ1) is 15.7. The number of carboxylic acids is 1. The van der Waals surface area contributed by atoms with Gasteiger partial charge >= 0.3 is 12.1 Å². The lowest BCUT2D eigenvalue weighted by molar-refractivity contribution is -0.138. The molecule has 1 aliphatic rings. The number of nitrogens with one attached hydrogen (secondary N) is 1. The monoisotopic (exact) mass is 293 g/mol. The number of hydrogen-bond donors (Lipinski definition) is 2. The van der Waals surface area contributed by atoms with Crippen molar-refractivity contribution < 1.29 is 27.9 Å². The van der Waals surface area contributed by atoms with Gasteiger partial charge in [0.25, 0.3) is 0 Å². The van der Waals surface area contributed by atoms with Crippen molar-refractivity contribution in [3.05, 3.63) is 0 Å². The Morgan fingerprint density at radius 3 is 2.37 bits per heavy atom. The van der Waals surface area contributed by atoms with Crippen LogP contribution in [0.15, 0.2) is 0 Å². The summed E-state index contributed by atoms with van der Waals surface area (Å²) in [5, 5.41) is 11.2. The molecule has 0 unspecified atom stereocenters. The molecule has 1 heterocycles. The number of ether oxygens (including phenoxy) is 1. The van der Waals surface area contributed by atoms with Gasteiger partial charge in [-0.2, -0.15) is 0 Å². The van der Waals surface area contributed by atoms with E-state index in [-0.39, 0.29) is 17.9 Å². The van der Waals surface area contributed by atoms with Crippen molar-refractivity contribution in [3.63, 3.8) is 0 Å². The number of aliphatic carboxylic acids is 1. The van der Waals surface area contributed by atoms with Crippen LogP contribution in [0.3, 0.4) is 0 Å². The number of carbonyl (C=O) groups is 2. The molecule has 1 rings (SSSR count). The highest BCUT2D eigenvalue weighted by Crippen LogP contribution is 2.23. The van der Waals surface area contributed by atoms with Gasteiger partial charge in [-0.3, -0.25) is 4.79 Å². The zero-order valence-electron chi connectivity index (χ0n) is 11.2. The van der Waals surface area contributed by atoms with Crippen molar-refractivity contribution in [1.29, 1.82) is 0 Å². The summed E-state index contributed by atoms with van der Waals surface area (Å²) in [5.41, 5.74) is -0.691. The Morgan fingerprint density at radius 2 is 1.89 bits per heavy atom. The lowest BCUT2D eigenvalue weighted by Crippen LogP contribution is -2.43. The molecule has 2 N–H and O–H groups in total. The molecule has 0 aromatic heterocycles. The van der Waals surface area contributed by atoms with Crippen molar-refractivity contribution >= 4 is 21.9 Å². The number of carboxylic acid groups (broad SMARTS) is 1. The van der Waals surface area contributed by atoms with Crippen LogP contribution in [-0.4, -0.2) is 48.7 Å². The SMILES string of the molecule is CC(C)(C)OC(=O)N[C@@H]1CS(=O)(=O)C[C@H]1CC(=O)O. The quantitative estimate of drug-likeness (QED) is 0.779. The molecule has 0 aromatic carbocycles. The molecule has 110 valence electrons. The molecule has 0 aliphatic carbocycles. The minimum absolute atomic E-state index is 0.222. The predicted molar refractivity (Wildman–Crippen MR) is 67.6 cm³/mol. The lowest BCUT2D eigenvalue weighted by atomic mass is 10.0. The molecule has 0 aromatic rings. The van der Waals surface area contributed by atoms with E-state index in [9.17, 15) is 18.0 Å². The minimum atomic E-state index is -3.31. The second-order valence-electron chi connectivity index (χ2n) is 5.69. The van der Waals surface area contributed by atoms with Crippen LogP contribution in [-0.2, 0) is 19.4 Å². The molecule has 1 aliphatic heterocycles. The molecular formula is C11H19NO6S. The van der Waals surface area contributed by atoms with Crippen molar-refractivity contribution in [2.24, 2.45) is 5.92 Å². The average Bonchev–Trinajstić information content (AvgIpc) is 2.35. The molecule has 7 nitrogen and oxygen atoms in total. The Morgan fingerprint density at radius 1 is 1.32 bits per heavy atom. The highest BCUT2D eigenvalue weighted by atomic mass is 32.2.